The van der Waals surface area contributed by atoms with Gasteiger partial charge in [-0.3, -0.25) is 9.59 Å². The molecular weight excluding hydrogens is 288 g/mol. The minimum Gasteiger partial charge on any atom is -0.322 e. The summed E-state index contributed by atoms with van der Waals surface area (Å²) in [7, 11) is 0. The van der Waals surface area contributed by atoms with Crippen LogP contribution in [0.15, 0.2) is 54.2 Å². The number of aryl methyl sites for hydroxylation is 2. The molecule has 0 aliphatic carbocycles. The Bertz CT molecular complexity index is 749. The predicted molar refractivity (Wildman–Crippen MR) is 92.8 cm³/mol. The van der Waals surface area contributed by atoms with Crippen LogP contribution in [0, 0.1) is 13.8 Å². The van der Waals surface area contributed by atoms with Gasteiger partial charge in [0.05, 0.1) is 0 Å². The van der Waals surface area contributed by atoms with Gasteiger partial charge in [-0.05, 0) is 48.7 Å². The molecule has 0 saturated heterocycles. The van der Waals surface area contributed by atoms with Gasteiger partial charge in [0.25, 0.3) is 5.91 Å². The Morgan fingerprint density at radius 1 is 0.957 bits per heavy atom. The van der Waals surface area contributed by atoms with E-state index in [0.29, 0.717) is 5.69 Å². The van der Waals surface area contributed by atoms with Crippen molar-refractivity contribution in [2.75, 3.05) is 5.32 Å². The topological polar surface area (TPSA) is 58.2 Å². The fraction of sp³-hybridized carbons (Fsp3) is 0.158. The van der Waals surface area contributed by atoms with Crippen molar-refractivity contribution in [2.24, 2.45) is 0 Å². The molecule has 0 heterocycles. The summed E-state index contributed by atoms with van der Waals surface area (Å²) in [4.78, 5) is 23.8. The van der Waals surface area contributed by atoms with E-state index in [9.17, 15) is 9.59 Å². The number of hydrogen-bond donors (Lipinski definition) is 2. The van der Waals surface area contributed by atoms with Crippen LogP contribution in [-0.2, 0) is 9.59 Å². The summed E-state index contributed by atoms with van der Waals surface area (Å²) in [5, 5.41) is 5.40. The lowest BCUT2D eigenvalue weighted by atomic mass is 10.1. The van der Waals surface area contributed by atoms with E-state index in [1.54, 1.807) is 6.08 Å². The van der Waals surface area contributed by atoms with Crippen molar-refractivity contribution >= 4 is 23.6 Å². The first-order valence-corrected chi connectivity index (χ1v) is 7.38. The van der Waals surface area contributed by atoms with Crippen LogP contribution in [0.1, 0.15) is 23.6 Å². The molecule has 0 aliphatic heterocycles. The molecular formula is C19H20N2O2. The zero-order chi connectivity index (χ0) is 16.8. The molecule has 118 valence electrons. The molecule has 0 spiro atoms. The Labute approximate surface area is 136 Å². The molecule has 0 aromatic heterocycles. The summed E-state index contributed by atoms with van der Waals surface area (Å²) in [6, 6.07) is 15.1. The smallest absolute Gasteiger partial charge is 0.272 e. The minimum absolute atomic E-state index is 0.210. The van der Waals surface area contributed by atoms with Crippen molar-refractivity contribution in [1.29, 1.82) is 0 Å². The van der Waals surface area contributed by atoms with E-state index in [-0.39, 0.29) is 17.5 Å². The lowest BCUT2D eigenvalue weighted by molar-refractivity contribution is -0.120. The Morgan fingerprint density at radius 3 is 2.26 bits per heavy atom. The third kappa shape index (κ3) is 4.81. The molecule has 23 heavy (non-hydrogen) atoms. The Hall–Kier alpha value is -2.88. The second-order valence-corrected chi connectivity index (χ2v) is 5.40. The van der Waals surface area contributed by atoms with E-state index < -0.39 is 0 Å². The molecule has 0 atom stereocenters. The van der Waals surface area contributed by atoms with Crippen molar-refractivity contribution in [3.8, 4) is 0 Å². The number of hydrogen-bond acceptors (Lipinski definition) is 2. The molecule has 0 unspecified atom stereocenters. The van der Waals surface area contributed by atoms with Gasteiger partial charge in [0, 0.05) is 12.6 Å². The van der Waals surface area contributed by atoms with Gasteiger partial charge in [0.15, 0.2) is 0 Å². The highest BCUT2D eigenvalue weighted by molar-refractivity contribution is 6.08. The summed E-state index contributed by atoms with van der Waals surface area (Å²) in [5.41, 5.74) is 4.00. The van der Waals surface area contributed by atoms with Gasteiger partial charge < -0.3 is 10.6 Å². The first kappa shape index (κ1) is 16.5. The second-order valence-electron chi connectivity index (χ2n) is 5.40. The predicted octanol–water partition coefficient (Wildman–Crippen LogP) is 3.42. The van der Waals surface area contributed by atoms with Crippen molar-refractivity contribution < 1.29 is 9.59 Å². The molecule has 4 nitrogen and oxygen atoms in total. The van der Waals surface area contributed by atoms with Crippen LogP contribution in [0.2, 0.25) is 0 Å². The quantitative estimate of drug-likeness (QED) is 0.850. The molecule has 0 bridgehead atoms. The summed E-state index contributed by atoms with van der Waals surface area (Å²) in [6.45, 7) is 5.38. The number of carbonyl (C=O) groups excluding carboxylic acids is 2. The maximum atomic E-state index is 12.5. The Balaban J connectivity index is 2.24. The van der Waals surface area contributed by atoms with Crippen molar-refractivity contribution in [3.63, 3.8) is 0 Å². The third-order valence-corrected chi connectivity index (χ3v) is 3.43. The van der Waals surface area contributed by atoms with Gasteiger partial charge in [0.2, 0.25) is 5.91 Å². The molecule has 2 aromatic rings. The molecule has 2 N–H and O–H groups in total. The molecule has 0 aliphatic rings. The van der Waals surface area contributed by atoms with E-state index in [1.807, 2.05) is 62.4 Å². The second kappa shape index (κ2) is 7.40. The van der Waals surface area contributed by atoms with E-state index in [0.717, 1.165) is 16.7 Å². The van der Waals surface area contributed by atoms with Crippen LogP contribution in [0.3, 0.4) is 0 Å². The lowest BCUT2D eigenvalue weighted by Gasteiger charge is -2.11. The summed E-state index contributed by atoms with van der Waals surface area (Å²) in [6.07, 6.45) is 1.65. The van der Waals surface area contributed by atoms with Crippen LogP contribution in [0.25, 0.3) is 6.08 Å². The standard InChI is InChI=1S/C19H20N2O2/c1-13-9-10-17(11-14(13)2)21-19(23)18(20-15(3)22)12-16-7-5-4-6-8-16/h4-12H,1-3H3,(H,20,22)(H,21,23)/b18-12+. The van der Waals surface area contributed by atoms with Crippen LogP contribution in [-0.4, -0.2) is 11.8 Å². The van der Waals surface area contributed by atoms with Gasteiger partial charge in [0.1, 0.15) is 5.70 Å². The highest BCUT2D eigenvalue weighted by atomic mass is 16.2. The number of carbonyl (C=O) groups is 2. The van der Waals surface area contributed by atoms with Gasteiger partial charge in [-0.2, -0.15) is 0 Å². The fourth-order valence-corrected chi connectivity index (χ4v) is 2.08. The molecule has 0 radical (unpaired) electrons. The van der Waals surface area contributed by atoms with E-state index >= 15 is 0 Å². The first-order chi connectivity index (χ1) is 11.0. The van der Waals surface area contributed by atoms with Crippen LogP contribution in [0.4, 0.5) is 5.69 Å². The molecule has 2 rings (SSSR count). The fourth-order valence-electron chi connectivity index (χ4n) is 2.08. The Kier molecular flexibility index (Phi) is 5.31. The van der Waals surface area contributed by atoms with Gasteiger partial charge >= 0.3 is 0 Å². The third-order valence-electron chi connectivity index (χ3n) is 3.43. The SMILES string of the molecule is CC(=O)N/C(=C/c1ccccc1)C(=O)Nc1ccc(C)c(C)c1. The zero-order valence-corrected chi connectivity index (χ0v) is 13.5. The highest BCUT2D eigenvalue weighted by Crippen LogP contribution is 2.15. The number of rotatable bonds is 4. The molecule has 2 amide bonds. The number of benzene rings is 2. The monoisotopic (exact) mass is 308 g/mol. The van der Waals surface area contributed by atoms with E-state index in [2.05, 4.69) is 10.6 Å². The Morgan fingerprint density at radius 2 is 1.65 bits per heavy atom. The lowest BCUT2D eigenvalue weighted by Crippen LogP contribution is -2.29. The first-order valence-electron chi connectivity index (χ1n) is 7.38. The van der Waals surface area contributed by atoms with Crippen molar-refractivity contribution in [2.45, 2.75) is 20.8 Å². The summed E-state index contributed by atoms with van der Waals surface area (Å²) >= 11 is 0. The van der Waals surface area contributed by atoms with E-state index in [4.69, 9.17) is 0 Å². The summed E-state index contributed by atoms with van der Waals surface area (Å²) < 4.78 is 0. The van der Waals surface area contributed by atoms with Crippen molar-refractivity contribution in [3.05, 3.63) is 70.9 Å². The van der Waals surface area contributed by atoms with Gasteiger partial charge in [-0.15, -0.1) is 0 Å². The largest absolute Gasteiger partial charge is 0.322 e. The average molecular weight is 308 g/mol. The zero-order valence-electron chi connectivity index (χ0n) is 13.5. The number of nitrogens with one attached hydrogen (secondary N) is 2. The van der Waals surface area contributed by atoms with Crippen LogP contribution < -0.4 is 10.6 Å². The van der Waals surface area contributed by atoms with Crippen molar-refractivity contribution in [1.82, 2.24) is 5.32 Å². The number of amides is 2. The number of anilines is 1. The molecule has 0 saturated carbocycles. The normalized spacial score (nSPS) is 11.0. The molecule has 2 aromatic carbocycles. The van der Waals surface area contributed by atoms with Gasteiger partial charge in [-0.1, -0.05) is 36.4 Å². The molecule has 0 fully saturated rings. The maximum absolute atomic E-state index is 12.5. The average Bonchev–Trinajstić information content (AvgIpc) is 2.51. The highest BCUT2D eigenvalue weighted by Gasteiger charge is 2.12. The van der Waals surface area contributed by atoms with Crippen LogP contribution in [0.5, 0.6) is 0 Å². The van der Waals surface area contributed by atoms with Gasteiger partial charge in [-0.25, -0.2) is 0 Å². The maximum Gasteiger partial charge on any atom is 0.272 e. The van der Waals surface area contributed by atoms with E-state index in [1.165, 1.54) is 6.92 Å². The summed E-state index contributed by atoms with van der Waals surface area (Å²) in [5.74, 6) is -0.644. The van der Waals surface area contributed by atoms with Crippen LogP contribution >= 0.6 is 0 Å². The molecule has 4 heteroatoms. The minimum atomic E-state index is -0.354.